The van der Waals surface area contributed by atoms with Gasteiger partial charge in [-0.05, 0) is 32.0 Å². The number of nitro groups is 1. The number of amides is 1. The molecule has 0 bridgehead atoms. The molecule has 0 saturated heterocycles. The summed E-state index contributed by atoms with van der Waals surface area (Å²) in [4.78, 5) is 44.0. The van der Waals surface area contributed by atoms with E-state index in [-0.39, 0.29) is 34.4 Å². The van der Waals surface area contributed by atoms with Crippen LogP contribution in [0.15, 0.2) is 52.2 Å². The quantitative estimate of drug-likeness (QED) is 0.454. The summed E-state index contributed by atoms with van der Waals surface area (Å²) in [5.41, 5.74) is -0.544. The van der Waals surface area contributed by atoms with Gasteiger partial charge in [-0.15, -0.1) is 0 Å². The van der Waals surface area contributed by atoms with Crippen LogP contribution in [0.1, 0.15) is 30.0 Å². The van der Waals surface area contributed by atoms with Crippen LogP contribution in [-0.4, -0.2) is 46.4 Å². The third-order valence-electron chi connectivity index (χ3n) is 4.64. The van der Waals surface area contributed by atoms with E-state index in [1.807, 2.05) is 0 Å². The van der Waals surface area contributed by atoms with Crippen LogP contribution in [0.4, 0.5) is 5.69 Å². The van der Waals surface area contributed by atoms with E-state index in [1.54, 1.807) is 38.1 Å². The van der Waals surface area contributed by atoms with Crippen molar-refractivity contribution < 1.29 is 18.1 Å². The Morgan fingerprint density at radius 3 is 2.52 bits per heavy atom. The van der Waals surface area contributed by atoms with Crippen molar-refractivity contribution in [3.63, 3.8) is 0 Å². The zero-order valence-electron chi connectivity index (χ0n) is 17.0. The highest BCUT2D eigenvalue weighted by Gasteiger charge is 2.25. The maximum atomic E-state index is 13.2. The molecule has 31 heavy (non-hydrogen) atoms. The number of carbonyl (C=O) groups is 1. The molecule has 1 N–H and O–H groups in total. The Bertz CT molecular complexity index is 1350. The number of benzene rings is 2. The number of fused-ring (bicyclic) bond motifs is 1. The van der Waals surface area contributed by atoms with Gasteiger partial charge >= 0.3 is 0 Å². The summed E-state index contributed by atoms with van der Waals surface area (Å²) < 4.78 is 23.9. The SMILES string of the molecule is CC(C)N(Cc1nc2ccccc2c(=O)[nH]1)C(=O)c1cc([N+](=O)[O-])cc(S(C)(=O)=O)c1. The van der Waals surface area contributed by atoms with E-state index in [0.717, 1.165) is 24.5 Å². The number of para-hydroxylation sites is 1. The summed E-state index contributed by atoms with van der Waals surface area (Å²) in [6, 6.07) is 9.43. The van der Waals surface area contributed by atoms with E-state index in [9.17, 15) is 28.1 Å². The number of nitrogens with one attached hydrogen (secondary N) is 1. The third kappa shape index (κ3) is 4.77. The minimum atomic E-state index is -3.78. The first-order valence-electron chi connectivity index (χ1n) is 9.26. The molecule has 0 saturated carbocycles. The second-order valence-corrected chi connectivity index (χ2v) is 9.32. The van der Waals surface area contributed by atoms with Crippen LogP contribution in [0.5, 0.6) is 0 Å². The van der Waals surface area contributed by atoms with Gasteiger partial charge in [-0.1, -0.05) is 12.1 Å². The van der Waals surface area contributed by atoms with Crippen LogP contribution >= 0.6 is 0 Å². The maximum absolute atomic E-state index is 13.2. The Kier molecular flexibility index (Phi) is 5.89. The van der Waals surface area contributed by atoms with Crippen LogP contribution in [0, 0.1) is 10.1 Å². The Balaban J connectivity index is 2.05. The van der Waals surface area contributed by atoms with Crippen molar-refractivity contribution >= 4 is 32.3 Å². The van der Waals surface area contributed by atoms with Gasteiger partial charge in [0.1, 0.15) is 5.82 Å². The molecule has 2 aromatic carbocycles. The van der Waals surface area contributed by atoms with Crippen molar-refractivity contribution in [3.05, 3.63) is 74.3 Å². The first-order chi connectivity index (χ1) is 14.5. The van der Waals surface area contributed by atoms with E-state index in [1.165, 1.54) is 4.90 Å². The molecule has 0 unspecified atom stereocenters. The number of aromatic nitrogens is 2. The molecule has 10 nitrogen and oxygen atoms in total. The minimum Gasteiger partial charge on any atom is -0.329 e. The molecular formula is C20H20N4O6S. The molecule has 0 fully saturated rings. The summed E-state index contributed by atoms with van der Waals surface area (Å²) in [5, 5.41) is 11.7. The molecule has 0 spiro atoms. The number of non-ortho nitro benzene ring substituents is 1. The number of nitro benzene ring substituents is 1. The first kappa shape index (κ1) is 22.1. The van der Waals surface area contributed by atoms with Gasteiger partial charge < -0.3 is 9.88 Å². The zero-order valence-corrected chi connectivity index (χ0v) is 17.8. The van der Waals surface area contributed by atoms with Crippen molar-refractivity contribution in [2.45, 2.75) is 31.3 Å². The number of H-pyrrole nitrogens is 1. The zero-order chi connectivity index (χ0) is 22.9. The second-order valence-electron chi connectivity index (χ2n) is 7.30. The fourth-order valence-electron chi connectivity index (χ4n) is 3.05. The van der Waals surface area contributed by atoms with Gasteiger partial charge in [0.2, 0.25) is 0 Å². The topological polar surface area (TPSA) is 143 Å². The smallest absolute Gasteiger partial charge is 0.271 e. The van der Waals surface area contributed by atoms with Crippen molar-refractivity contribution in [1.82, 2.24) is 14.9 Å². The van der Waals surface area contributed by atoms with E-state index < -0.39 is 26.4 Å². The maximum Gasteiger partial charge on any atom is 0.271 e. The Labute approximate surface area is 177 Å². The number of sulfone groups is 1. The molecule has 1 amide bonds. The van der Waals surface area contributed by atoms with E-state index >= 15 is 0 Å². The van der Waals surface area contributed by atoms with Crippen molar-refractivity contribution in [3.8, 4) is 0 Å². The predicted molar refractivity (Wildman–Crippen MR) is 114 cm³/mol. The van der Waals surface area contributed by atoms with Gasteiger partial charge in [0.15, 0.2) is 9.84 Å². The molecule has 0 aliphatic rings. The van der Waals surface area contributed by atoms with E-state index in [2.05, 4.69) is 9.97 Å². The van der Waals surface area contributed by atoms with Gasteiger partial charge in [-0.2, -0.15) is 0 Å². The van der Waals surface area contributed by atoms with Crippen molar-refractivity contribution in [2.24, 2.45) is 0 Å². The molecule has 162 valence electrons. The highest BCUT2D eigenvalue weighted by Crippen LogP contribution is 2.23. The molecule has 0 aliphatic carbocycles. The van der Waals surface area contributed by atoms with Gasteiger partial charge in [0.25, 0.3) is 17.2 Å². The fourth-order valence-corrected chi connectivity index (χ4v) is 3.73. The van der Waals surface area contributed by atoms with Crippen LogP contribution in [-0.2, 0) is 16.4 Å². The molecule has 1 aromatic heterocycles. The van der Waals surface area contributed by atoms with Crippen molar-refractivity contribution in [1.29, 1.82) is 0 Å². The van der Waals surface area contributed by atoms with Crippen LogP contribution in [0.2, 0.25) is 0 Å². The summed E-state index contributed by atoms with van der Waals surface area (Å²) in [5.74, 6) is -0.390. The monoisotopic (exact) mass is 444 g/mol. The number of hydrogen-bond donors (Lipinski definition) is 1. The molecule has 3 aromatic rings. The van der Waals surface area contributed by atoms with Gasteiger partial charge in [-0.25, -0.2) is 13.4 Å². The lowest BCUT2D eigenvalue weighted by atomic mass is 10.1. The Morgan fingerprint density at radius 2 is 1.90 bits per heavy atom. The summed E-state index contributed by atoms with van der Waals surface area (Å²) in [7, 11) is -3.78. The molecule has 3 rings (SSSR count). The van der Waals surface area contributed by atoms with Gasteiger partial charge in [0.05, 0.1) is 27.3 Å². The van der Waals surface area contributed by atoms with Gasteiger partial charge in [0, 0.05) is 30.0 Å². The van der Waals surface area contributed by atoms with Crippen LogP contribution in [0.25, 0.3) is 10.9 Å². The molecular weight excluding hydrogens is 424 g/mol. The average Bonchev–Trinajstić information content (AvgIpc) is 2.70. The Morgan fingerprint density at radius 1 is 1.23 bits per heavy atom. The summed E-state index contributed by atoms with van der Waals surface area (Å²) >= 11 is 0. The molecule has 0 radical (unpaired) electrons. The highest BCUT2D eigenvalue weighted by molar-refractivity contribution is 7.90. The predicted octanol–water partition coefficient (Wildman–Crippen LogP) is 2.29. The number of nitrogens with zero attached hydrogens (tertiary/aromatic N) is 3. The number of rotatable bonds is 6. The summed E-state index contributed by atoms with van der Waals surface area (Å²) in [6.07, 6.45) is 0.907. The average molecular weight is 444 g/mol. The second kappa shape index (κ2) is 8.26. The van der Waals surface area contributed by atoms with Crippen LogP contribution < -0.4 is 5.56 Å². The van der Waals surface area contributed by atoms with E-state index in [0.29, 0.717) is 10.9 Å². The Hall–Kier alpha value is -3.60. The highest BCUT2D eigenvalue weighted by atomic mass is 32.2. The molecule has 0 aliphatic heterocycles. The normalized spacial score (nSPS) is 11.6. The summed E-state index contributed by atoms with van der Waals surface area (Å²) in [6.45, 7) is 3.38. The third-order valence-corrected chi connectivity index (χ3v) is 5.74. The number of aromatic amines is 1. The fraction of sp³-hybridized carbons (Fsp3) is 0.250. The van der Waals surface area contributed by atoms with Crippen LogP contribution in [0.3, 0.4) is 0 Å². The van der Waals surface area contributed by atoms with Gasteiger partial charge in [-0.3, -0.25) is 19.7 Å². The molecule has 11 heteroatoms. The standard InChI is InChI=1S/C20H20N4O6S/c1-12(2)23(11-18-21-17-7-5-4-6-16(17)19(25)22-18)20(26)13-8-14(24(27)28)10-15(9-13)31(3,29)30/h4-10,12H,11H2,1-3H3,(H,21,22,25). The minimum absolute atomic E-state index is 0.0759. The lowest BCUT2D eigenvalue weighted by Crippen LogP contribution is -2.37. The molecule has 1 heterocycles. The lowest BCUT2D eigenvalue weighted by molar-refractivity contribution is -0.385. The van der Waals surface area contributed by atoms with Crippen molar-refractivity contribution in [2.75, 3.05) is 6.26 Å². The molecule has 0 atom stereocenters. The largest absolute Gasteiger partial charge is 0.329 e. The number of hydrogen-bond acceptors (Lipinski definition) is 7. The van der Waals surface area contributed by atoms with E-state index in [4.69, 9.17) is 0 Å². The lowest BCUT2D eigenvalue weighted by Gasteiger charge is -2.26. The first-order valence-corrected chi connectivity index (χ1v) is 11.1. The number of carbonyl (C=O) groups excluding carboxylic acids is 1.